The fourth-order valence-corrected chi connectivity index (χ4v) is 4.29. The van der Waals surface area contributed by atoms with Gasteiger partial charge in [-0.25, -0.2) is 4.79 Å². The summed E-state index contributed by atoms with van der Waals surface area (Å²) in [7, 11) is 0. The van der Waals surface area contributed by atoms with Gasteiger partial charge in [0.05, 0.1) is 17.0 Å². The molecule has 5 nitrogen and oxygen atoms in total. The van der Waals surface area contributed by atoms with E-state index >= 15 is 0 Å². The van der Waals surface area contributed by atoms with E-state index in [2.05, 4.69) is 23.3 Å². The van der Waals surface area contributed by atoms with Crippen LogP contribution in [0.25, 0.3) is 0 Å². The Morgan fingerprint density at radius 2 is 1.92 bits per heavy atom. The average Bonchev–Trinajstić information content (AvgIpc) is 2.69. The van der Waals surface area contributed by atoms with Gasteiger partial charge in [-0.3, -0.25) is 14.7 Å². The van der Waals surface area contributed by atoms with Gasteiger partial charge < -0.3 is 5.32 Å². The topological polar surface area (TPSA) is 62.3 Å². The quantitative estimate of drug-likeness (QED) is 0.791. The molecule has 1 aliphatic rings. The van der Waals surface area contributed by atoms with E-state index < -0.39 is 0 Å². The fourth-order valence-electron chi connectivity index (χ4n) is 3.03. The number of likely N-dealkylation sites (tertiary alicyclic amines) is 1. The molecule has 1 aromatic heterocycles. The molecule has 2 aromatic rings. The molecule has 6 heteroatoms. The Morgan fingerprint density at radius 1 is 1.19 bits per heavy atom. The lowest BCUT2D eigenvalue weighted by Gasteiger charge is -2.43. The second kappa shape index (κ2) is 8.36. The summed E-state index contributed by atoms with van der Waals surface area (Å²) in [6.07, 6.45) is 2.66. The molecule has 2 heterocycles. The van der Waals surface area contributed by atoms with E-state index in [1.165, 1.54) is 10.5 Å². The maximum atomic E-state index is 12.5. The lowest BCUT2D eigenvalue weighted by atomic mass is 10.0. The standard InChI is InChI=1S/C20H23N3O2S/c1-3-15-8-4-5-9-16(15)12-22-20(25)23-18(24)14(2)19(23)26-13-17-10-6-7-11-21-17/h4-11,14,19H,3,12-13H2,1-2H3,(H,22,25). The minimum atomic E-state index is -0.322. The highest BCUT2D eigenvalue weighted by Gasteiger charge is 2.48. The molecule has 0 aliphatic carbocycles. The summed E-state index contributed by atoms with van der Waals surface area (Å²) in [5, 5.41) is 2.74. The predicted octanol–water partition coefficient (Wildman–Crippen LogP) is 3.59. The zero-order chi connectivity index (χ0) is 18.5. The molecular weight excluding hydrogens is 346 g/mol. The van der Waals surface area contributed by atoms with E-state index in [1.807, 2.05) is 43.3 Å². The van der Waals surface area contributed by atoms with Gasteiger partial charge in [0.15, 0.2) is 0 Å². The van der Waals surface area contributed by atoms with Gasteiger partial charge in [0.1, 0.15) is 0 Å². The van der Waals surface area contributed by atoms with E-state index in [0.717, 1.165) is 17.7 Å². The number of urea groups is 1. The van der Waals surface area contributed by atoms with Crippen molar-refractivity contribution in [2.24, 2.45) is 5.92 Å². The van der Waals surface area contributed by atoms with Crippen LogP contribution in [0.4, 0.5) is 4.79 Å². The summed E-state index contributed by atoms with van der Waals surface area (Å²) >= 11 is 1.58. The molecule has 1 N–H and O–H groups in total. The van der Waals surface area contributed by atoms with Gasteiger partial charge in [-0.1, -0.05) is 44.2 Å². The second-order valence-corrected chi connectivity index (χ2v) is 7.41. The maximum absolute atomic E-state index is 12.5. The van der Waals surface area contributed by atoms with E-state index in [0.29, 0.717) is 12.3 Å². The van der Waals surface area contributed by atoms with Crippen LogP contribution in [-0.4, -0.2) is 27.2 Å². The number of pyridine rings is 1. The van der Waals surface area contributed by atoms with Gasteiger partial charge in [-0.2, -0.15) is 0 Å². The molecular formula is C20H23N3O2S. The van der Waals surface area contributed by atoms with Gasteiger partial charge in [-0.05, 0) is 29.7 Å². The summed E-state index contributed by atoms with van der Waals surface area (Å²) in [6.45, 7) is 4.39. The largest absolute Gasteiger partial charge is 0.334 e. The molecule has 1 fully saturated rings. The number of hydrogen-bond acceptors (Lipinski definition) is 4. The predicted molar refractivity (Wildman–Crippen MR) is 103 cm³/mol. The van der Waals surface area contributed by atoms with Crippen LogP contribution in [0.2, 0.25) is 0 Å². The molecule has 0 bridgehead atoms. The van der Waals surface area contributed by atoms with Crippen LogP contribution in [-0.2, 0) is 23.5 Å². The molecule has 1 saturated heterocycles. The van der Waals surface area contributed by atoms with Crippen molar-refractivity contribution < 1.29 is 9.59 Å². The number of amides is 3. The first kappa shape index (κ1) is 18.5. The molecule has 1 aromatic carbocycles. The minimum Gasteiger partial charge on any atom is -0.334 e. The number of carbonyl (C=O) groups excluding carboxylic acids is 2. The number of thioether (sulfide) groups is 1. The summed E-state index contributed by atoms with van der Waals surface area (Å²) in [5.74, 6) is 0.396. The zero-order valence-electron chi connectivity index (χ0n) is 15.0. The van der Waals surface area contributed by atoms with Gasteiger partial charge in [0, 0.05) is 18.5 Å². The normalized spacial score (nSPS) is 19.2. The lowest BCUT2D eigenvalue weighted by Crippen LogP contribution is -2.62. The summed E-state index contributed by atoms with van der Waals surface area (Å²) in [4.78, 5) is 30.4. The number of aromatic nitrogens is 1. The third-order valence-electron chi connectivity index (χ3n) is 4.59. The number of β-lactam (4-membered cyclic amide) rings is 1. The number of nitrogens with zero attached hydrogens (tertiary/aromatic N) is 2. The Labute approximate surface area is 158 Å². The second-order valence-electron chi connectivity index (χ2n) is 6.30. The Hall–Kier alpha value is -2.34. The average molecular weight is 369 g/mol. The Morgan fingerprint density at radius 3 is 2.62 bits per heavy atom. The summed E-state index contributed by atoms with van der Waals surface area (Å²) < 4.78 is 0. The molecule has 1 aliphatic heterocycles. The number of benzene rings is 1. The van der Waals surface area contributed by atoms with Crippen molar-refractivity contribution in [1.82, 2.24) is 15.2 Å². The molecule has 26 heavy (non-hydrogen) atoms. The van der Waals surface area contributed by atoms with Crippen LogP contribution in [0.15, 0.2) is 48.7 Å². The van der Waals surface area contributed by atoms with Crippen molar-refractivity contribution in [1.29, 1.82) is 0 Å². The highest BCUT2D eigenvalue weighted by atomic mass is 32.2. The van der Waals surface area contributed by atoms with Crippen LogP contribution >= 0.6 is 11.8 Å². The van der Waals surface area contributed by atoms with Crippen LogP contribution in [0.3, 0.4) is 0 Å². The first-order valence-corrected chi connectivity index (χ1v) is 9.86. The molecule has 0 radical (unpaired) electrons. The van der Waals surface area contributed by atoms with Crippen molar-refractivity contribution >= 4 is 23.7 Å². The number of hydrogen-bond donors (Lipinski definition) is 1. The highest BCUT2D eigenvalue weighted by molar-refractivity contribution is 7.99. The smallest absolute Gasteiger partial charge is 0.325 e. The van der Waals surface area contributed by atoms with Crippen molar-refractivity contribution in [2.45, 2.75) is 37.9 Å². The van der Waals surface area contributed by atoms with E-state index in [1.54, 1.807) is 18.0 Å². The number of carbonyl (C=O) groups is 2. The van der Waals surface area contributed by atoms with Crippen LogP contribution in [0.1, 0.15) is 30.7 Å². The first-order chi connectivity index (χ1) is 12.6. The van der Waals surface area contributed by atoms with Crippen molar-refractivity contribution in [3.63, 3.8) is 0 Å². The number of rotatable bonds is 6. The lowest BCUT2D eigenvalue weighted by molar-refractivity contribution is -0.143. The molecule has 0 spiro atoms. The fraction of sp³-hybridized carbons (Fsp3) is 0.350. The third kappa shape index (κ3) is 3.90. The van der Waals surface area contributed by atoms with E-state index in [-0.39, 0.29) is 23.2 Å². The van der Waals surface area contributed by atoms with Crippen molar-refractivity contribution in [3.05, 3.63) is 65.5 Å². The van der Waals surface area contributed by atoms with Gasteiger partial charge in [0.25, 0.3) is 0 Å². The SMILES string of the molecule is CCc1ccccc1CNC(=O)N1C(=O)C(C)C1SCc1ccccn1. The summed E-state index contributed by atoms with van der Waals surface area (Å²) in [6, 6.07) is 13.5. The Bertz CT molecular complexity index is 782. The third-order valence-corrected chi connectivity index (χ3v) is 6.01. The molecule has 3 rings (SSSR count). The zero-order valence-corrected chi connectivity index (χ0v) is 15.8. The minimum absolute atomic E-state index is 0.121. The van der Waals surface area contributed by atoms with E-state index in [9.17, 15) is 9.59 Å². The monoisotopic (exact) mass is 369 g/mol. The van der Waals surface area contributed by atoms with Crippen molar-refractivity contribution in [3.8, 4) is 0 Å². The van der Waals surface area contributed by atoms with Crippen LogP contribution in [0, 0.1) is 5.92 Å². The van der Waals surface area contributed by atoms with E-state index in [4.69, 9.17) is 0 Å². The molecule has 2 unspecified atom stereocenters. The molecule has 2 atom stereocenters. The molecule has 136 valence electrons. The number of aryl methyl sites for hydroxylation is 1. The van der Waals surface area contributed by atoms with Gasteiger partial charge in [-0.15, -0.1) is 11.8 Å². The number of imide groups is 1. The van der Waals surface area contributed by atoms with Gasteiger partial charge in [0.2, 0.25) is 5.91 Å². The van der Waals surface area contributed by atoms with Crippen LogP contribution in [0.5, 0.6) is 0 Å². The first-order valence-electron chi connectivity index (χ1n) is 8.81. The van der Waals surface area contributed by atoms with Crippen molar-refractivity contribution in [2.75, 3.05) is 0 Å². The summed E-state index contributed by atoms with van der Waals surface area (Å²) in [5.41, 5.74) is 3.24. The Kier molecular flexibility index (Phi) is 5.93. The highest BCUT2D eigenvalue weighted by Crippen LogP contribution is 2.36. The van der Waals surface area contributed by atoms with Crippen LogP contribution < -0.4 is 5.32 Å². The Balaban J connectivity index is 1.59. The molecule has 0 saturated carbocycles. The van der Waals surface area contributed by atoms with Gasteiger partial charge >= 0.3 is 6.03 Å². The molecule has 3 amide bonds. The maximum Gasteiger partial charge on any atom is 0.325 e. The number of nitrogens with one attached hydrogen (secondary N) is 1.